The zero-order chi connectivity index (χ0) is 31.1. The summed E-state index contributed by atoms with van der Waals surface area (Å²) in [4.78, 5) is 71.6. The number of likely N-dealkylation sites (N-methyl/N-ethyl adjacent to an activating group) is 2. The zero-order valence-corrected chi connectivity index (χ0v) is 22.1. The molecule has 0 aliphatic carbocycles. The molecule has 0 aliphatic heterocycles. The Bertz CT molecular complexity index is 1090. The number of halogens is 5. The Morgan fingerprint density at radius 3 is 1.49 bits per heavy atom. The van der Waals surface area contributed by atoms with Crippen molar-refractivity contribution < 1.29 is 55.5 Å². The molecule has 0 saturated heterocycles. The number of esters is 1. The van der Waals surface area contributed by atoms with Crippen LogP contribution in [0.2, 0.25) is 0 Å². The summed E-state index contributed by atoms with van der Waals surface area (Å²) in [5, 5.41) is 10.3. The lowest BCUT2D eigenvalue weighted by Crippen LogP contribution is -2.52. The molecule has 0 fully saturated rings. The summed E-state index contributed by atoms with van der Waals surface area (Å²) in [7, 11) is 0. The van der Waals surface area contributed by atoms with Gasteiger partial charge in [-0.2, -0.15) is 8.78 Å². The van der Waals surface area contributed by atoms with E-state index in [1.807, 2.05) is 0 Å². The largest absolute Gasteiger partial charge is 0.420 e. The van der Waals surface area contributed by atoms with E-state index < -0.39 is 96.3 Å². The maximum Gasteiger partial charge on any atom is 0.311 e. The molecule has 1 rings (SSSR count). The maximum absolute atomic E-state index is 13.7. The molecule has 0 radical (unpaired) electrons. The number of carbonyl (C=O) groups excluding carboxylic acids is 6. The smallest absolute Gasteiger partial charge is 0.311 e. The molecule has 0 unspecified atom stereocenters. The molecule has 1 aromatic rings. The van der Waals surface area contributed by atoms with Crippen molar-refractivity contribution in [2.45, 2.75) is 33.1 Å². The average molecular weight is 597 g/mol. The van der Waals surface area contributed by atoms with Gasteiger partial charge >= 0.3 is 5.97 Å². The Morgan fingerprint density at radius 1 is 0.610 bits per heavy atom. The van der Waals surface area contributed by atoms with E-state index in [1.54, 1.807) is 13.8 Å². The van der Waals surface area contributed by atoms with Gasteiger partial charge in [0.1, 0.15) is 0 Å². The molecule has 18 heteroatoms. The third-order valence-electron chi connectivity index (χ3n) is 4.76. The molecule has 13 nitrogen and oxygen atoms in total. The number of nitrogens with one attached hydrogen (secondary N) is 5. The second-order valence-corrected chi connectivity index (χ2v) is 8.08. The molecule has 5 N–H and O–H groups in total. The van der Waals surface area contributed by atoms with Crippen molar-refractivity contribution in [2.75, 3.05) is 39.3 Å². The molecule has 0 aliphatic rings. The van der Waals surface area contributed by atoms with E-state index in [-0.39, 0.29) is 19.5 Å². The van der Waals surface area contributed by atoms with E-state index in [0.29, 0.717) is 13.1 Å². The van der Waals surface area contributed by atoms with Gasteiger partial charge in [0.25, 0.3) is 0 Å². The fraction of sp³-hybridized carbons (Fsp3) is 0.478. The summed E-state index contributed by atoms with van der Waals surface area (Å²) in [6.45, 7) is 1.97. The van der Waals surface area contributed by atoms with E-state index in [2.05, 4.69) is 31.4 Å². The lowest BCUT2D eigenvalue weighted by molar-refractivity contribution is -0.135. The molecule has 41 heavy (non-hydrogen) atoms. The van der Waals surface area contributed by atoms with Crippen molar-refractivity contribution in [2.24, 2.45) is 0 Å². The van der Waals surface area contributed by atoms with Crippen molar-refractivity contribution in [1.82, 2.24) is 31.7 Å². The van der Waals surface area contributed by atoms with Crippen LogP contribution < -0.4 is 31.4 Å². The first-order valence-electron chi connectivity index (χ1n) is 12.1. The number of nitrogens with zero attached hydrogens (tertiary/aromatic N) is 1. The van der Waals surface area contributed by atoms with E-state index >= 15 is 0 Å². The Balaban J connectivity index is 2.72. The Hall–Kier alpha value is -4.35. The van der Waals surface area contributed by atoms with Gasteiger partial charge in [0.15, 0.2) is 0 Å². The number of hydrazine groups is 1. The summed E-state index contributed by atoms with van der Waals surface area (Å²) in [5.74, 6) is -18.3. The molecule has 228 valence electrons. The summed E-state index contributed by atoms with van der Waals surface area (Å²) in [6, 6.07) is 0. The van der Waals surface area contributed by atoms with Crippen LogP contribution in [-0.2, 0) is 28.8 Å². The third-order valence-corrected chi connectivity index (χ3v) is 4.76. The predicted molar refractivity (Wildman–Crippen MR) is 129 cm³/mol. The summed E-state index contributed by atoms with van der Waals surface area (Å²) in [5.41, 5.74) is 2.23. The molecule has 1 aromatic carbocycles. The number of benzene rings is 1. The third kappa shape index (κ3) is 12.1. The monoisotopic (exact) mass is 596 g/mol. The van der Waals surface area contributed by atoms with E-state index in [4.69, 9.17) is 0 Å². The van der Waals surface area contributed by atoms with Crippen molar-refractivity contribution in [3.63, 3.8) is 0 Å². The number of hydrogen-bond acceptors (Lipinski definition) is 8. The van der Waals surface area contributed by atoms with Gasteiger partial charge < -0.3 is 26.0 Å². The van der Waals surface area contributed by atoms with Crippen LogP contribution in [0.4, 0.5) is 22.0 Å². The van der Waals surface area contributed by atoms with Gasteiger partial charge in [0, 0.05) is 25.9 Å². The highest BCUT2D eigenvalue weighted by molar-refractivity contribution is 5.88. The second kappa shape index (κ2) is 17.4. The van der Waals surface area contributed by atoms with Gasteiger partial charge in [-0.25, -0.2) is 18.2 Å². The lowest BCUT2D eigenvalue weighted by atomic mass is 10.2. The molecule has 0 saturated carbocycles. The second-order valence-electron chi connectivity index (χ2n) is 8.08. The fourth-order valence-electron chi connectivity index (χ4n) is 2.94. The van der Waals surface area contributed by atoms with Crippen LogP contribution in [0.3, 0.4) is 0 Å². The number of carbonyl (C=O) groups is 6. The van der Waals surface area contributed by atoms with Crippen LogP contribution in [-0.4, -0.2) is 79.8 Å². The Kier molecular flexibility index (Phi) is 14.7. The zero-order valence-electron chi connectivity index (χ0n) is 22.1. The molecular weight excluding hydrogens is 567 g/mol. The minimum atomic E-state index is -2.43. The molecule has 0 atom stereocenters. The van der Waals surface area contributed by atoms with Crippen molar-refractivity contribution in [3.05, 3.63) is 29.1 Å². The highest BCUT2D eigenvalue weighted by Crippen LogP contribution is 2.29. The Labute approximate surface area is 230 Å². The lowest BCUT2D eigenvalue weighted by Gasteiger charge is -2.22. The standard InChI is InChI=1S/C23H29F5N6O7/c1-3-29-13(36)8-31-15(38)10-34(11-16(39)32-9-14(37)30-4-2)33-12(35)6-5-7-17(40)41-23-21(27)19(25)18(24)20(26)22(23)28/h3-11H2,1-2H3,(H,29,36)(H,30,37)(H,31,38)(H,32,39)(H,33,35). The predicted octanol–water partition coefficient (Wildman–Crippen LogP) is -0.704. The SMILES string of the molecule is CCNC(=O)CNC(=O)CN(CC(=O)NCC(=O)NCC)NC(=O)CCCC(=O)Oc1c(F)c(F)c(F)c(F)c1F. The van der Waals surface area contributed by atoms with Crippen LogP contribution in [0.1, 0.15) is 33.1 Å². The number of amides is 5. The summed E-state index contributed by atoms with van der Waals surface area (Å²) >= 11 is 0. The van der Waals surface area contributed by atoms with Crippen LogP contribution in [0.15, 0.2) is 0 Å². The Morgan fingerprint density at radius 2 is 1.05 bits per heavy atom. The van der Waals surface area contributed by atoms with Gasteiger partial charge in [-0.3, -0.25) is 34.2 Å². The maximum atomic E-state index is 13.7. The molecule has 0 bridgehead atoms. The summed E-state index contributed by atoms with van der Waals surface area (Å²) in [6.07, 6.45) is -1.49. The molecule has 5 amide bonds. The number of hydrogen-bond donors (Lipinski definition) is 5. The first kappa shape index (κ1) is 34.7. The minimum Gasteiger partial charge on any atom is -0.420 e. The molecule has 0 heterocycles. The van der Waals surface area contributed by atoms with Crippen molar-refractivity contribution in [1.29, 1.82) is 0 Å². The van der Waals surface area contributed by atoms with Crippen LogP contribution in [0.5, 0.6) is 5.75 Å². The van der Waals surface area contributed by atoms with Crippen molar-refractivity contribution >= 4 is 35.5 Å². The highest BCUT2D eigenvalue weighted by atomic mass is 19.2. The van der Waals surface area contributed by atoms with Gasteiger partial charge in [-0.05, 0) is 20.3 Å². The average Bonchev–Trinajstić information content (AvgIpc) is 2.91. The normalized spacial score (nSPS) is 10.5. The van der Waals surface area contributed by atoms with Crippen LogP contribution in [0, 0.1) is 29.1 Å². The van der Waals surface area contributed by atoms with Gasteiger partial charge in [-0.15, -0.1) is 0 Å². The van der Waals surface area contributed by atoms with Crippen LogP contribution in [0.25, 0.3) is 0 Å². The molecule has 0 spiro atoms. The number of ether oxygens (including phenoxy) is 1. The topological polar surface area (TPSA) is 175 Å². The summed E-state index contributed by atoms with van der Waals surface area (Å²) < 4.78 is 71.2. The molecular formula is C23H29F5N6O7. The van der Waals surface area contributed by atoms with Crippen LogP contribution >= 0.6 is 0 Å². The fourth-order valence-corrected chi connectivity index (χ4v) is 2.94. The minimum absolute atomic E-state index is 0.317. The van der Waals surface area contributed by atoms with Gasteiger partial charge in [0.2, 0.25) is 64.4 Å². The highest BCUT2D eigenvalue weighted by Gasteiger charge is 2.28. The quantitative estimate of drug-likeness (QED) is 0.0416. The van der Waals surface area contributed by atoms with Gasteiger partial charge in [0.05, 0.1) is 26.2 Å². The van der Waals surface area contributed by atoms with Crippen molar-refractivity contribution in [3.8, 4) is 5.75 Å². The van der Waals surface area contributed by atoms with Gasteiger partial charge in [-0.1, -0.05) is 0 Å². The first-order valence-corrected chi connectivity index (χ1v) is 12.1. The van der Waals surface area contributed by atoms with E-state index in [9.17, 15) is 50.7 Å². The molecule has 0 aromatic heterocycles. The first-order chi connectivity index (χ1) is 19.3. The number of rotatable bonds is 16. The van der Waals surface area contributed by atoms with E-state index in [0.717, 1.165) is 5.01 Å². The van der Waals surface area contributed by atoms with E-state index in [1.165, 1.54) is 0 Å².